The Kier molecular flexibility index (Phi) is 6.95. The van der Waals surface area contributed by atoms with Gasteiger partial charge < -0.3 is 20.1 Å². The first-order chi connectivity index (χ1) is 18.1. The van der Waals surface area contributed by atoms with Crippen LogP contribution in [0.4, 0.5) is 19.1 Å². The highest BCUT2D eigenvalue weighted by Gasteiger charge is 2.34. The number of hydrogen-bond acceptors (Lipinski definition) is 7. The predicted octanol–water partition coefficient (Wildman–Crippen LogP) is 2.15. The second-order valence-electron chi connectivity index (χ2n) is 9.85. The fraction of sp³-hybridized carbons (Fsp3) is 0.480. The number of likely N-dealkylation sites (tertiary alicyclic amines) is 1. The fourth-order valence-electron chi connectivity index (χ4n) is 5.05. The van der Waals surface area contributed by atoms with Gasteiger partial charge in [0.15, 0.2) is 0 Å². The number of alkyl halides is 3. The van der Waals surface area contributed by atoms with Gasteiger partial charge in [0.25, 0.3) is 5.91 Å². The molecule has 2 amide bonds. The number of nitrogens with two attached hydrogens (primary N) is 1. The molecule has 5 rings (SSSR count). The lowest BCUT2D eigenvalue weighted by Gasteiger charge is -2.43. The number of primary amides is 1. The molecule has 1 atom stereocenters. The first-order valence-corrected chi connectivity index (χ1v) is 12.5. The van der Waals surface area contributed by atoms with E-state index in [0.29, 0.717) is 44.7 Å². The number of piperidine rings is 1. The second kappa shape index (κ2) is 10.2. The average Bonchev–Trinajstić information content (AvgIpc) is 3.31. The van der Waals surface area contributed by atoms with Crippen LogP contribution < -0.4 is 10.6 Å². The third kappa shape index (κ3) is 5.28. The number of anilines is 1. The Balaban J connectivity index is 1.13. The number of amides is 2. The van der Waals surface area contributed by atoms with E-state index in [2.05, 4.69) is 19.9 Å². The largest absolute Gasteiger partial charge is 0.419 e. The van der Waals surface area contributed by atoms with E-state index < -0.39 is 17.6 Å². The van der Waals surface area contributed by atoms with E-state index in [1.165, 1.54) is 0 Å². The van der Waals surface area contributed by atoms with Crippen molar-refractivity contribution in [2.24, 2.45) is 5.73 Å². The molecule has 13 heteroatoms. The molecule has 0 aliphatic carbocycles. The molecule has 10 nitrogen and oxygen atoms in total. The van der Waals surface area contributed by atoms with Crippen molar-refractivity contribution in [1.29, 1.82) is 0 Å². The molecule has 38 heavy (non-hydrogen) atoms. The summed E-state index contributed by atoms with van der Waals surface area (Å²) in [5, 5.41) is 0.921. The number of fused-ring (bicyclic) bond motifs is 1. The van der Waals surface area contributed by atoms with Crippen molar-refractivity contribution in [3.05, 3.63) is 48.0 Å². The molecular formula is C25H29F3N8O2. The van der Waals surface area contributed by atoms with Gasteiger partial charge in [0, 0.05) is 69.3 Å². The number of pyridine rings is 1. The van der Waals surface area contributed by atoms with Gasteiger partial charge in [-0.2, -0.15) is 13.2 Å². The highest BCUT2D eigenvalue weighted by molar-refractivity contribution is 5.93. The quantitative estimate of drug-likeness (QED) is 0.498. The molecule has 0 bridgehead atoms. The molecule has 202 valence electrons. The summed E-state index contributed by atoms with van der Waals surface area (Å²) in [6, 6.07) is 5.60. The molecule has 2 aliphatic heterocycles. The van der Waals surface area contributed by atoms with Crippen molar-refractivity contribution in [1.82, 2.24) is 29.3 Å². The van der Waals surface area contributed by atoms with Crippen LogP contribution in [-0.2, 0) is 17.5 Å². The summed E-state index contributed by atoms with van der Waals surface area (Å²) in [5.41, 5.74) is 5.42. The van der Waals surface area contributed by atoms with Gasteiger partial charge in [0.05, 0.1) is 12.1 Å². The van der Waals surface area contributed by atoms with E-state index in [0.717, 1.165) is 30.7 Å². The number of rotatable bonds is 7. The minimum atomic E-state index is -4.47. The van der Waals surface area contributed by atoms with Crippen LogP contribution in [0.25, 0.3) is 11.0 Å². The molecule has 3 aromatic heterocycles. The van der Waals surface area contributed by atoms with Gasteiger partial charge in [-0.15, -0.1) is 0 Å². The van der Waals surface area contributed by atoms with Crippen molar-refractivity contribution in [3.63, 3.8) is 0 Å². The topological polar surface area (TPSA) is 113 Å². The van der Waals surface area contributed by atoms with Gasteiger partial charge in [0.2, 0.25) is 11.9 Å². The molecule has 0 aromatic carbocycles. The van der Waals surface area contributed by atoms with Gasteiger partial charge >= 0.3 is 6.18 Å². The van der Waals surface area contributed by atoms with Crippen molar-refractivity contribution in [2.45, 2.75) is 44.1 Å². The smallest absolute Gasteiger partial charge is 0.364 e. The molecule has 2 aliphatic rings. The SMILES string of the molecule is CN(C(=O)CN1CCC1Cn1ccc2ccc(C(N)=O)nc21)C1CCN(c2ncc(C(F)(F)F)cn2)CC1. The third-order valence-electron chi connectivity index (χ3n) is 7.53. The monoisotopic (exact) mass is 530 g/mol. The van der Waals surface area contributed by atoms with Crippen LogP contribution in [0.15, 0.2) is 36.8 Å². The lowest BCUT2D eigenvalue weighted by atomic mass is 10.0. The van der Waals surface area contributed by atoms with Crippen LogP contribution >= 0.6 is 0 Å². The predicted molar refractivity (Wildman–Crippen MR) is 133 cm³/mol. The van der Waals surface area contributed by atoms with Gasteiger partial charge in [-0.1, -0.05) is 0 Å². The molecule has 5 heterocycles. The third-order valence-corrected chi connectivity index (χ3v) is 7.53. The molecule has 2 N–H and O–H groups in total. The summed E-state index contributed by atoms with van der Waals surface area (Å²) >= 11 is 0. The van der Waals surface area contributed by atoms with Crippen LogP contribution in [0, 0.1) is 0 Å². The molecule has 1 unspecified atom stereocenters. The molecule has 2 fully saturated rings. The maximum atomic E-state index is 13.1. The Morgan fingerprint density at radius 3 is 2.39 bits per heavy atom. The molecular weight excluding hydrogens is 501 g/mol. The number of carbonyl (C=O) groups excluding carboxylic acids is 2. The number of nitrogens with zero attached hydrogens (tertiary/aromatic N) is 7. The van der Waals surface area contributed by atoms with E-state index in [1.807, 2.05) is 27.8 Å². The maximum absolute atomic E-state index is 13.1. The number of aromatic nitrogens is 4. The van der Waals surface area contributed by atoms with Crippen LogP contribution in [-0.4, -0.2) is 86.4 Å². The summed E-state index contributed by atoms with van der Waals surface area (Å²) in [7, 11) is 1.81. The lowest BCUT2D eigenvalue weighted by Crippen LogP contribution is -2.55. The van der Waals surface area contributed by atoms with E-state index in [9.17, 15) is 22.8 Å². The Labute approximate surface area is 217 Å². The molecule has 0 spiro atoms. The first-order valence-electron chi connectivity index (χ1n) is 12.5. The molecule has 3 aromatic rings. The standard InChI is InChI=1S/C25H29F3N8O2/c1-33(18-5-9-34(10-6-18)24-30-12-17(13-31-24)25(26,27)28)21(37)15-35-11-7-19(35)14-36-8-4-16-2-3-20(22(29)38)32-23(16)36/h2-4,8,12-13,18-19H,5-7,9-11,14-15H2,1H3,(H2,29,38). The zero-order valence-electron chi connectivity index (χ0n) is 20.9. The van der Waals surface area contributed by atoms with Crippen LogP contribution in [0.3, 0.4) is 0 Å². The number of hydrogen-bond donors (Lipinski definition) is 1. The Hall–Kier alpha value is -3.74. The zero-order chi connectivity index (χ0) is 27.0. The van der Waals surface area contributed by atoms with Crippen molar-refractivity contribution in [3.8, 4) is 0 Å². The van der Waals surface area contributed by atoms with Crippen molar-refractivity contribution < 1.29 is 22.8 Å². The summed E-state index contributed by atoms with van der Waals surface area (Å²) in [5.74, 6) is -0.273. The van der Waals surface area contributed by atoms with Crippen LogP contribution in [0.5, 0.6) is 0 Å². The van der Waals surface area contributed by atoms with E-state index >= 15 is 0 Å². The number of likely N-dealkylation sites (N-methyl/N-ethyl adjacent to an activating group) is 1. The van der Waals surface area contributed by atoms with Crippen LogP contribution in [0.2, 0.25) is 0 Å². The van der Waals surface area contributed by atoms with Gasteiger partial charge in [-0.3, -0.25) is 14.5 Å². The molecule has 0 radical (unpaired) electrons. The fourth-order valence-corrected chi connectivity index (χ4v) is 5.05. The number of halogens is 3. The van der Waals surface area contributed by atoms with E-state index in [-0.39, 0.29) is 29.6 Å². The Morgan fingerprint density at radius 1 is 1.08 bits per heavy atom. The van der Waals surface area contributed by atoms with Gasteiger partial charge in [-0.25, -0.2) is 15.0 Å². The second-order valence-corrected chi connectivity index (χ2v) is 9.85. The van der Waals surface area contributed by atoms with Crippen LogP contribution in [0.1, 0.15) is 35.3 Å². The minimum Gasteiger partial charge on any atom is -0.364 e. The summed E-state index contributed by atoms with van der Waals surface area (Å²) in [4.78, 5) is 42.5. The first kappa shape index (κ1) is 25.9. The molecule has 2 saturated heterocycles. The maximum Gasteiger partial charge on any atom is 0.419 e. The average molecular weight is 531 g/mol. The highest BCUT2D eigenvalue weighted by Crippen LogP contribution is 2.29. The molecule has 0 saturated carbocycles. The number of carbonyl (C=O) groups is 2. The Bertz CT molecular complexity index is 1320. The highest BCUT2D eigenvalue weighted by atomic mass is 19.4. The normalized spacial score (nSPS) is 18.9. The van der Waals surface area contributed by atoms with E-state index in [4.69, 9.17) is 5.73 Å². The zero-order valence-corrected chi connectivity index (χ0v) is 20.9. The Morgan fingerprint density at radius 2 is 1.79 bits per heavy atom. The van der Waals surface area contributed by atoms with E-state index in [1.54, 1.807) is 18.0 Å². The summed E-state index contributed by atoms with van der Waals surface area (Å²) in [6.07, 6.45) is 1.38. The minimum absolute atomic E-state index is 0.0328. The van der Waals surface area contributed by atoms with Crippen molar-refractivity contribution >= 4 is 28.8 Å². The van der Waals surface area contributed by atoms with Gasteiger partial charge in [0.1, 0.15) is 11.3 Å². The van der Waals surface area contributed by atoms with Gasteiger partial charge in [-0.05, 0) is 37.5 Å². The van der Waals surface area contributed by atoms with Crippen molar-refractivity contribution in [2.75, 3.05) is 38.1 Å². The summed E-state index contributed by atoms with van der Waals surface area (Å²) in [6.45, 7) is 2.90. The lowest BCUT2D eigenvalue weighted by molar-refractivity contribution is -0.138. The summed E-state index contributed by atoms with van der Waals surface area (Å²) < 4.78 is 40.3.